The molecule has 0 spiro atoms. The van der Waals surface area contributed by atoms with Crippen LogP contribution in [0, 0.1) is 0 Å². The Labute approximate surface area is 100 Å². The van der Waals surface area contributed by atoms with Gasteiger partial charge in [0.2, 0.25) is 5.56 Å². The molecule has 17 heavy (non-hydrogen) atoms. The standard InChI is InChI=1S/C11H8N4OS/c16-9-4-3-7(6-12-9)10-13-11(15-14-10)8-2-1-5-17-8/h1-6H,(H,12,16)(H,13,14,15). The van der Waals surface area contributed by atoms with Crippen molar-refractivity contribution in [2.75, 3.05) is 0 Å². The van der Waals surface area contributed by atoms with Crippen molar-refractivity contribution in [1.29, 1.82) is 0 Å². The van der Waals surface area contributed by atoms with Crippen molar-refractivity contribution in [3.8, 4) is 22.1 Å². The summed E-state index contributed by atoms with van der Waals surface area (Å²) in [5, 5.41) is 8.98. The molecule has 0 saturated carbocycles. The van der Waals surface area contributed by atoms with Gasteiger partial charge in [-0.15, -0.1) is 11.3 Å². The van der Waals surface area contributed by atoms with Crippen LogP contribution < -0.4 is 5.56 Å². The highest BCUT2D eigenvalue weighted by atomic mass is 32.1. The third-order valence-electron chi connectivity index (χ3n) is 2.28. The lowest BCUT2D eigenvalue weighted by Crippen LogP contribution is -2.01. The summed E-state index contributed by atoms with van der Waals surface area (Å²) in [6.45, 7) is 0. The smallest absolute Gasteiger partial charge is 0.247 e. The van der Waals surface area contributed by atoms with Crippen molar-refractivity contribution in [3.63, 3.8) is 0 Å². The summed E-state index contributed by atoms with van der Waals surface area (Å²) in [5.74, 6) is 1.31. The monoisotopic (exact) mass is 244 g/mol. The first kappa shape index (κ1) is 9.98. The van der Waals surface area contributed by atoms with Gasteiger partial charge < -0.3 is 4.98 Å². The molecule has 2 N–H and O–H groups in total. The predicted molar refractivity (Wildman–Crippen MR) is 65.8 cm³/mol. The molecule has 0 radical (unpaired) electrons. The lowest BCUT2D eigenvalue weighted by molar-refractivity contribution is 1.10. The lowest BCUT2D eigenvalue weighted by Gasteiger charge is -1.91. The molecule has 6 heteroatoms. The number of hydrogen-bond acceptors (Lipinski definition) is 4. The maximum absolute atomic E-state index is 10.9. The highest BCUT2D eigenvalue weighted by molar-refractivity contribution is 7.13. The molecule has 0 atom stereocenters. The number of nitrogens with zero attached hydrogens (tertiary/aromatic N) is 2. The molecule has 0 bridgehead atoms. The van der Waals surface area contributed by atoms with Crippen LogP contribution in [0.2, 0.25) is 0 Å². The Bertz CT molecular complexity index is 663. The summed E-state index contributed by atoms with van der Waals surface area (Å²) in [7, 11) is 0. The second kappa shape index (κ2) is 3.99. The predicted octanol–water partition coefficient (Wildman–Crippen LogP) is 1.89. The van der Waals surface area contributed by atoms with Crippen LogP contribution >= 0.6 is 11.3 Å². The van der Waals surface area contributed by atoms with E-state index in [1.165, 1.54) is 6.07 Å². The fourth-order valence-corrected chi connectivity index (χ4v) is 2.13. The molecule has 3 rings (SSSR count). The first-order valence-electron chi connectivity index (χ1n) is 4.98. The SMILES string of the molecule is O=c1ccc(-c2n[nH]c(-c3cccs3)n2)c[nH]1. The second-order valence-electron chi connectivity index (χ2n) is 3.43. The van der Waals surface area contributed by atoms with Crippen molar-refractivity contribution in [2.45, 2.75) is 0 Å². The van der Waals surface area contributed by atoms with Crippen LogP contribution in [0.4, 0.5) is 0 Å². The molecule has 0 aliphatic rings. The fraction of sp³-hybridized carbons (Fsp3) is 0. The van der Waals surface area contributed by atoms with Gasteiger partial charge in [0.05, 0.1) is 4.88 Å². The van der Waals surface area contributed by atoms with Gasteiger partial charge >= 0.3 is 0 Å². The number of aromatic amines is 2. The van der Waals surface area contributed by atoms with Crippen LogP contribution in [0.25, 0.3) is 22.1 Å². The number of hydrogen-bond donors (Lipinski definition) is 2. The molecule has 0 aromatic carbocycles. The van der Waals surface area contributed by atoms with Crippen molar-refractivity contribution in [2.24, 2.45) is 0 Å². The van der Waals surface area contributed by atoms with Gasteiger partial charge in [-0.3, -0.25) is 9.89 Å². The molecule has 0 saturated heterocycles. The number of nitrogens with one attached hydrogen (secondary N) is 2. The van der Waals surface area contributed by atoms with E-state index < -0.39 is 0 Å². The number of thiophene rings is 1. The van der Waals surface area contributed by atoms with Crippen LogP contribution in [0.3, 0.4) is 0 Å². The average Bonchev–Trinajstić information content (AvgIpc) is 3.00. The van der Waals surface area contributed by atoms with Gasteiger partial charge in [-0.1, -0.05) is 6.07 Å². The molecule has 0 aliphatic carbocycles. The maximum Gasteiger partial charge on any atom is 0.247 e. The molecule has 0 fully saturated rings. The van der Waals surface area contributed by atoms with Crippen LogP contribution in [0.15, 0.2) is 40.6 Å². The number of H-pyrrole nitrogens is 2. The summed E-state index contributed by atoms with van der Waals surface area (Å²) < 4.78 is 0. The largest absolute Gasteiger partial charge is 0.328 e. The van der Waals surface area contributed by atoms with E-state index in [0.717, 1.165) is 16.3 Å². The van der Waals surface area contributed by atoms with Crippen LogP contribution in [0.1, 0.15) is 0 Å². The minimum atomic E-state index is -0.136. The number of aromatic nitrogens is 4. The maximum atomic E-state index is 10.9. The number of pyridine rings is 1. The van der Waals surface area contributed by atoms with E-state index in [2.05, 4.69) is 20.2 Å². The van der Waals surface area contributed by atoms with E-state index in [1.807, 2.05) is 17.5 Å². The van der Waals surface area contributed by atoms with Crippen molar-refractivity contribution in [3.05, 3.63) is 46.2 Å². The van der Waals surface area contributed by atoms with E-state index >= 15 is 0 Å². The third-order valence-corrected chi connectivity index (χ3v) is 3.16. The molecule has 3 aromatic rings. The highest BCUT2D eigenvalue weighted by Crippen LogP contribution is 2.22. The molecule has 0 aliphatic heterocycles. The normalized spacial score (nSPS) is 10.6. The van der Waals surface area contributed by atoms with Crippen molar-refractivity contribution in [1.82, 2.24) is 20.2 Å². The van der Waals surface area contributed by atoms with Crippen molar-refractivity contribution < 1.29 is 0 Å². The highest BCUT2D eigenvalue weighted by Gasteiger charge is 2.07. The van der Waals surface area contributed by atoms with Crippen LogP contribution in [-0.2, 0) is 0 Å². The molecule has 3 heterocycles. The number of rotatable bonds is 2. The summed E-state index contributed by atoms with van der Waals surface area (Å²) >= 11 is 1.60. The Morgan fingerprint density at radius 2 is 2.18 bits per heavy atom. The molecule has 0 unspecified atom stereocenters. The second-order valence-corrected chi connectivity index (χ2v) is 4.37. The van der Waals surface area contributed by atoms with Gasteiger partial charge in [-0.2, -0.15) is 5.10 Å². The van der Waals surface area contributed by atoms with E-state index in [4.69, 9.17) is 0 Å². The van der Waals surface area contributed by atoms with Crippen LogP contribution in [-0.4, -0.2) is 20.2 Å². The van der Waals surface area contributed by atoms with Gasteiger partial charge in [0.1, 0.15) is 0 Å². The Morgan fingerprint density at radius 1 is 1.24 bits per heavy atom. The van der Waals surface area contributed by atoms with Gasteiger partial charge in [0.25, 0.3) is 0 Å². The Kier molecular flexibility index (Phi) is 2.34. The Morgan fingerprint density at radius 3 is 2.88 bits per heavy atom. The summed E-state index contributed by atoms with van der Waals surface area (Å²) in [5.41, 5.74) is 0.645. The fourth-order valence-electron chi connectivity index (χ4n) is 1.46. The van der Waals surface area contributed by atoms with Gasteiger partial charge in [-0.25, -0.2) is 4.98 Å². The quantitative estimate of drug-likeness (QED) is 0.722. The third kappa shape index (κ3) is 1.90. The van der Waals surface area contributed by atoms with Gasteiger partial charge in [-0.05, 0) is 17.5 Å². The molecular formula is C11H8N4OS. The van der Waals surface area contributed by atoms with E-state index in [0.29, 0.717) is 5.82 Å². The Balaban J connectivity index is 2.00. The molecule has 5 nitrogen and oxygen atoms in total. The first-order valence-corrected chi connectivity index (χ1v) is 5.86. The zero-order valence-electron chi connectivity index (χ0n) is 8.68. The zero-order chi connectivity index (χ0) is 11.7. The van der Waals surface area contributed by atoms with E-state index in [1.54, 1.807) is 23.6 Å². The summed E-state index contributed by atoms with van der Waals surface area (Å²) in [6.07, 6.45) is 1.60. The molecule has 3 aromatic heterocycles. The topological polar surface area (TPSA) is 74.4 Å². The van der Waals surface area contributed by atoms with Crippen molar-refractivity contribution >= 4 is 11.3 Å². The summed E-state index contributed by atoms with van der Waals surface area (Å²) in [4.78, 5) is 18.9. The lowest BCUT2D eigenvalue weighted by atomic mass is 10.3. The van der Waals surface area contributed by atoms with Gasteiger partial charge in [0.15, 0.2) is 11.6 Å². The molecule has 84 valence electrons. The zero-order valence-corrected chi connectivity index (χ0v) is 9.49. The minimum Gasteiger partial charge on any atom is -0.328 e. The van der Waals surface area contributed by atoms with Crippen LogP contribution in [0.5, 0.6) is 0 Å². The first-order chi connectivity index (χ1) is 8.33. The summed E-state index contributed by atoms with van der Waals surface area (Å²) in [6, 6.07) is 7.08. The van der Waals surface area contributed by atoms with E-state index in [-0.39, 0.29) is 5.56 Å². The average molecular weight is 244 g/mol. The Hall–Kier alpha value is -2.21. The molecular weight excluding hydrogens is 236 g/mol. The van der Waals surface area contributed by atoms with E-state index in [9.17, 15) is 4.79 Å². The van der Waals surface area contributed by atoms with Gasteiger partial charge in [0, 0.05) is 17.8 Å². The minimum absolute atomic E-state index is 0.136. The molecule has 0 amide bonds.